The van der Waals surface area contributed by atoms with E-state index >= 15 is 0 Å². The molecule has 3 rings (SSSR count). The van der Waals surface area contributed by atoms with Gasteiger partial charge in [0.1, 0.15) is 23.2 Å². The molecule has 0 bridgehead atoms. The molecule has 0 fully saturated rings. The zero-order valence-electron chi connectivity index (χ0n) is 15.9. The Balaban J connectivity index is 2.08. The fourth-order valence-corrected chi connectivity index (χ4v) is 2.89. The minimum atomic E-state index is -4.79. The van der Waals surface area contributed by atoms with Crippen LogP contribution < -0.4 is 19.9 Å². The normalized spacial score (nSPS) is 10.9. The van der Waals surface area contributed by atoms with Crippen LogP contribution in [0.25, 0.3) is 22.4 Å². The van der Waals surface area contributed by atoms with E-state index in [0.717, 1.165) is 12.1 Å². The molecule has 2 aromatic carbocycles. The number of hydrogen-bond donors (Lipinski definition) is 1. The number of hydrogen-bond acceptors (Lipinski definition) is 6. The number of rotatable bonds is 5. The van der Waals surface area contributed by atoms with Gasteiger partial charge in [0.25, 0.3) is 0 Å². The van der Waals surface area contributed by atoms with Crippen LogP contribution in [0.4, 0.5) is 19.0 Å². The molecule has 0 aliphatic carbocycles. The predicted molar refractivity (Wildman–Crippen MR) is 104 cm³/mol. The number of nitriles is 1. The van der Waals surface area contributed by atoms with Gasteiger partial charge in [-0.25, -0.2) is 4.98 Å². The van der Waals surface area contributed by atoms with Crippen LogP contribution in [0.1, 0.15) is 5.56 Å². The third-order valence-corrected chi connectivity index (χ3v) is 4.24. The molecule has 0 radical (unpaired) electrons. The molecule has 6 nitrogen and oxygen atoms in total. The van der Waals surface area contributed by atoms with Gasteiger partial charge in [-0.1, -0.05) is 12.1 Å². The number of aromatic nitrogens is 1. The van der Waals surface area contributed by atoms with Crippen molar-refractivity contribution in [2.45, 2.75) is 6.36 Å². The molecule has 0 amide bonds. The van der Waals surface area contributed by atoms with Crippen molar-refractivity contribution in [2.24, 2.45) is 0 Å². The zero-order chi connectivity index (χ0) is 21.9. The molecule has 30 heavy (non-hydrogen) atoms. The van der Waals surface area contributed by atoms with E-state index in [1.165, 1.54) is 26.4 Å². The molecule has 0 unspecified atom stereocenters. The molecule has 1 heterocycles. The van der Waals surface area contributed by atoms with Gasteiger partial charge in [-0.15, -0.1) is 13.2 Å². The summed E-state index contributed by atoms with van der Waals surface area (Å²) in [6.45, 7) is 0. The van der Waals surface area contributed by atoms with Crippen LogP contribution in [0, 0.1) is 11.3 Å². The van der Waals surface area contributed by atoms with E-state index in [4.69, 9.17) is 15.2 Å². The maximum Gasteiger partial charge on any atom is 0.573 e. The van der Waals surface area contributed by atoms with E-state index in [9.17, 15) is 18.4 Å². The van der Waals surface area contributed by atoms with Gasteiger partial charge < -0.3 is 19.9 Å². The lowest BCUT2D eigenvalue weighted by Crippen LogP contribution is -2.16. The zero-order valence-corrected chi connectivity index (χ0v) is 15.9. The Labute approximate surface area is 170 Å². The van der Waals surface area contributed by atoms with E-state index in [0.29, 0.717) is 33.9 Å². The first-order chi connectivity index (χ1) is 14.3. The summed E-state index contributed by atoms with van der Waals surface area (Å²) in [5.74, 6) is 0.639. The van der Waals surface area contributed by atoms with Crippen molar-refractivity contribution in [3.63, 3.8) is 0 Å². The highest BCUT2D eigenvalue weighted by atomic mass is 19.4. The van der Waals surface area contributed by atoms with Gasteiger partial charge >= 0.3 is 6.36 Å². The van der Waals surface area contributed by atoms with Gasteiger partial charge in [-0.05, 0) is 42.0 Å². The smallest absolute Gasteiger partial charge is 0.493 e. The van der Waals surface area contributed by atoms with E-state index in [-0.39, 0.29) is 17.1 Å². The highest BCUT2D eigenvalue weighted by Crippen LogP contribution is 2.36. The van der Waals surface area contributed by atoms with Crippen molar-refractivity contribution < 1.29 is 27.4 Å². The Morgan fingerprint density at radius 1 is 0.933 bits per heavy atom. The van der Waals surface area contributed by atoms with Gasteiger partial charge in [-0.3, -0.25) is 0 Å². The number of nitrogens with zero attached hydrogens (tertiary/aromatic N) is 2. The molecule has 9 heteroatoms. The summed E-state index contributed by atoms with van der Waals surface area (Å²) in [6, 6.07) is 13.9. The van der Waals surface area contributed by atoms with Gasteiger partial charge in [0.15, 0.2) is 11.5 Å². The Bertz CT molecular complexity index is 1110. The number of ether oxygens (including phenoxy) is 3. The van der Waals surface area contributed by atoms with Crippen molar-refractivity contribution >= 4 is 5.82 Å². The van der Waals surface area contributed by atoms with Crippen LogP contribution in [0.15, 0.2) is 48.5 Å². The molecule has 0 spiro atoms. The number of alkyl halides is 3. The maximum absolute atomic E-state index is 12.4. The average molecular weight is 415 g/mol. The molecule has 3 aromatic rings. The summed E-state index contributed by atoms with van der Waals surface area (Å²) in [5, 5.41) is 9.50. The molecule has 0 aliphatic rings. The maximum atomic E-state index is 12.4. The topological polar surface area (TPSA) is 90.4 Å². The fraction of sp³-hybridized carbons (Fsp3) is 0.143. The number of nitrogen functional groups attached to an aromatic ring is 1. The van der Waals surface area contributed by atoms with Crippen LogP contribution in [0.2, 0.25) is 0 Å². The molecule has 0 saturated heterocycles. The number of pyridine rings is 1. The summed E-state index contributed by atoms with van der Waals surface area (Å²) in [5.41, 5.74) is 8.12. The molecule has 2 N–H and O–H groups in total. The fourth-order valence-electron chi connectivity index (χ4n) is 2.89. The van der Waals surface area contributed by atoms with E-state index in [1.54, 1.807) is 24.3 Å². The number of nitrogens with two attached hydrogens (primary N) is 1. The molecule has 1 aromatic heterocycles. The highest BCUT2D eigenvalue weighted by molar-refractivity contribution is 5.80. The van der Waals surface area contributed by atoms with Crippen LogP contribution in [-0.4, -0.2) is 25.6 Å². The summed E-state index contributed by atoms with van der Waals surface area (Å²) >= 11 is 0. The first-order valence-electron chi connectivity index (χ1n) is 8.55. The van der Waals surface area contributed by atoms with E-state index in [2.05, 4.69) is 9.72 Å². The van der Waals surface area contributed by atoms with Crippen LogP contribution in [0.5, 0.6) is 17.2 Å². The van der Waals surface area contributed by atoms with Crippen molar-refractivity contribution in [2.75, 3.05) is 20.0 Å². The third kappa shape index (κ3) is 4.38. The number of halogens is 3. The first-order valence-corrected chi connectivity index (χ1v) is 8.55. The second-order valence-corrected chi connectivity index (χ2v) is 6.07. The van der Waals surface area contributed by atoms with Crippen molar-refractivity contribution in [1.29, 1.82) is 5.26 Å². The summed E-state index contributed by atoms with van der Waals surface area (Å²) in [6.07, 6.45) is -4.79. The SMILES string of the molecule is COc1ccc(-c2cc(-c3ccc(OC(F)(F)F)cc3)c(C#N)c(N)n2)cc1OC. The number of methoxy groups -OCH3 is 2. The summed E-state index contributed by atoms with van der Waals surface area (Å²) < 4.78 is 51.6. The van der Waals surface area contributed by atoms with Crippen LogP contribution in [-0.2, 0) is 0 Å². The van der Waals surface area contributed by atoms with Crippen molar-refractivity contribution in [3.05, 3.63) is 54.1 Å². The third-order valence-electron chi connectivity index (χ3n) is 4.24. The van der Waals surface area contributed by atoms with Crippen LogP contribution in [0.3, 0.4) is 0 Å². The monoisotopic (exact) mass is 415 g/mol. The van der Waals surface area contributed by atoms with Gasteiger partial charge in [0.05, 0.1) is 19.9 Å². The first kappa shape index (κ1) is 20.8. The molecular weight excluding hydrogens is 399 g/mol. The van der Waals surface area contributed by atoms with Gasteiger partial charge in [-0.2, -0.15) is 5.26 Å². The Morgan fingerprint density at radius 3 is 2.13 bits per heavy atom. The van der Waals surface area contributed by atoms with Gasteiger partial charge in [0, 0.05) is 11.1 Å². The van der Waals surface area contributed by atoms with Crippen LogP contribution >= 0.6 is 0 Å². The Hall–Kier alpha value is -3.93. The van der Waals surface area contributed by atoms with E-state index < -0.39 is 6.36 Å². The molecule has 0 atom stereocenters. The minimum absolute atomic E-state index is 0.00426. The quantitative estimate of drug-likeness (QED) is 0.645. The van der Waals surface area contributed by atoms with E-state index in [1.807, 2.05) is 6.07 Å². The second-order valence-electron chi connectivity index (χ2n) is 6.07. The summed E-state index contributed by atoms with van der Waals surface area (Å²) in [7, 11) is 3.01. The van der Waals surface area contributed by atoms with Crippen molar-refractivity contribution in [3.8, 4) is 45.7 Å². The van der Waals surface area contributed by atoms with Crippen molar-refractivity contribution in [1.82, 2.24) is 4.98 Å². The Kier molecular flexibility index (Phi) is 5.69. The molecule has 0 saturated carbocycles. The molecular formula is C21H16F3N3O3. The largest absolute Gasteiger partial charge is 0.573 e. The minimum Gasteiger partial charge on any atom is -0.493 e. The predicted octanol–water partition coefficient (Wildman–Crippen LogP) is 4.79. The van der Waals surface area contributed by atoms with Gasteiger partial charge in [0.2, 0.25) is 0 Å². The second kappa shape index (κ2) is 8.21. The number of anilines is 1. The Morgan fingerprint density at radius 2 is 1.57 bits per heavy atom. The molecule has 154 valence electrons. The average Bonchev–Trinajstić information content (AvgIpc) is 2.72. The lowest BCUT2D eigenvalue weighted by atomic mass is 9.98. The highest BCUT2D eigenvalue weighted by Gasteiger charge is 2.31. The number of benzene rings is 2. The molecule has 0 aliphatic heterocycles. The summed E-state index contributed by atoms with van der Waals surface area (Å²) in [4.78, 5) is 4.28. The standard InChI is InChI=1S/C21H16F3N3O3/c1-28-18-8-5-13(9-19(18)29-2)17-10-15(16(11-25)20(26)27-17)12-3-6-14(7-4-12)30-21(22,23)24/h3-10H,1-2H3,(H2,26,27). The lowest BCUT2D eigenvalue weighted by molar-refractivity contribution is -0.274. The lowest BCUT2D eigenvalue weighted by Gasteiger charge is -2.13.